The van der Waals surface area contributed by atoms with Crippen molar-refractivity contribution in [2.45, 2.75) is 12.3 Å². The topological polar surface area (TPSA) is 12.0 Å². The molecular formula is C10H11F2N. The summed E-state index contributed by atoms with van der Waals surface area (Å²) in [6.45, 7) is 1.83. The fourth-order valence-electron chi connectivity index (χ4n) is 1.71. The number of hydrogen-bond donors (Lipinski definition) is 1. The quantitative estimate of drug-likeness (QED) is 0.702. The van der Waals surface area contributed by atoms with Crippen molar-refractivity contribution >= 4 is 0 Å². The van der Waals surface area contributed by atoms with E-state index in [9.17, 15) is 8.78 Å². The third kappa shape index (κ3) is 1.70. The number of halogens is 2. The molecule has 1 aliphatic heterocycles. The number of nitrogens with one attached hydrogen (secondary N) is 1. The van der Waals surface area contributed by atoms with Gasteiger partial charge in [0.05, 0.1) is 0 Å². The molecule has 1 saturated heterocycles. The zero-order valence-electron chi connectivity index (χ0n) is 7.19. The summed E-state index contributed by atoms with van der Waals surface area (Å²) in [6.07, 6.45) is 1.01. The van der Waals surface area contributed by atoms with Gasteiger partial charge in [-0.1, -0.05) is 6.07 Å². The van der Waals surface area contributed by atoms with Crippen molar-refractivity contribution in [3.05, 3.63) is 35.4 Å². The maximum Gasteiger partial charge on any atom is 0.159 e. The third-order valence-corrected chi connectivity index (χ3v) is 2.48. The van der Waals surface area contributed by atoms with E-state index >= 15 is 0 Å². The van der Waals surface area contributed by atoms with Crippen molar-refractivity contribution in [3.63, 3.8) is 0 Å². The van der Waals surface area contributed by atoms with Gasteiger partial charge in [-0.15, -0.1) is 0 Å². The van der Waals surface area contributed by atoms with Crippen molar-refractivity contribution in [2.75, 3.05) is 13.1 Å². The van der Waals surface area contributed by atoms with Gasteiger partial charge in [0.2, 0.25) is 0 Å². The van der Waals surface area contributed by atoms with E-state index in [0.29, 0.717) is 5.92 Å². The molecule has 1 aromatic carbocycles. The smallest absolute Gasteiger partial charge is 0.159 e. The lowest BCUT2D eigenvalue weighted by molar-refractivity contribution is 0.505. The molecule has 70 valence electrons. The number of benzene rings is 1. The fourth-order valence-corrected chi connectivity index (χ4v) is 1.71. The molecule has 2 rings (SSSR count). The number of hydrogen-bond acceptors (Lipinski definition) is 1. The van der Waals surface area contributed by atoms with E-state index in [1.807, 2.05) is 0 Å². The van der Waals surface area contributed by atoms with E-state index in [0.717, 1.165) is 25.1 Å². The zero-order chi connectivity index (χ0) is 9.26. The first-order chi connectivity index (χ1) is 6.27. The van der Waals surface area contributed by atoms with Gasteiger partial charge in [-0.2, -0.15) is 0 Å². The Labute approximate surface area is 75.8 Å². The third-order valence-electron chi connectivity index (χ3n) is 2.48. The first kappa shape index (κ1) is 8.63. The Morgan fingerprint density at radius 2 is 2.08 bits per heavy atom. The Morgan fingerprint density at radius 1 is 1.23 bits per heavy atom. The van der Waals surface area contributed by atoms with Crippen LogP contribution in [0.3, 0.4) is 0 Å². The molecule has 0 aromatic heterocycles. The largest absolute Gasteiger partial charge is 0.316 e. The molecule has 13 heavy (non-hydrogen) atoms. The highest BCUT2D eigenvalue weighted by Gasteiger charge is 2.17. The molecule has 0 aliphatic carbocycles. The normalized spacial score (nSPS) is 22.2. The highest BCUT2D eigenvalue weighted by atomic mass is 19.2. The minimum atomic E-state index is -0.769. The molecular weight excluding hydrogens is 172 g/mol. The first-order valence-corrected chi connectivity index (χ1v) is 4.43. The monoisotopic (exact) mass is 183 g/mol. The molecule has 0 saturated carbocycles. The van der Waals surface area contributed by atoms with E-state index in [1.165, 1.54) is 12.1 Å². The molecule has 1 aliphatic rings. The molecule has 1 heterocycles. The van der Waals surface area contributed by atoms with Gasteiger partial charge in [0.1, 0.15) is 0 Å². The lowest BCUT2D eigenvalue weighted by Crippen LogP contribution is -2.08. The molecule has 1 fully saturated rings. The summed E-state index contributed by atoms with van der Waals surface area (Å²) in [4.78, 5) is 0. The van der Waals surface area contributed by atoms with Crippen molar-refractivity contribution < 1.29 is 8.78 Å². The average Bonchev–Trinajstić information content (AvgIpc) is 2.62. The Kier molecular flexibility index (Phi) is 2.27. The van der Waals surface area contributed by atoms with Gasteiger partial charge < -0.3 is 5.32 Å². The van der Waals surface area contributed by atoms with Crippen LogP contribution in [0.4, 0.5) is 8.78 Å². The standard InChI is InChI=1S/C10H11F2N/c11-9-2-1-7(5-10(9)12)8-3-4-13-6-8/h1-2,5,8,13H,3-4,6H2. The Balaban J connectivity index is 2.25. The van der Waals surface area contributed by atoms with Crippen LogP contribution in [0.2, 0.25) is 0 Å². The number of rotatable bonds is 1. The SMILES string of the molecule is Fc1ccc(C2CCNC2)cc1F. The second kappa shape index (κ2) is 3.42. The summed E-state index contributed by atoms with van der Waals surface area (Å²) in [6, 6.07) is 4.16. The molecule has 1 unspecified atom stereocenters. The van der Waals surface area contributed by atoms with Gasteiger partial charge in [-0.05, 0) is 36.6 Å². The van der Waals surface area contributed by atoms with E-state index in [2.05, 4.69) is 5.32 Å². The van der Waals surface area contributed by atoms with Gasteiger partial charge in [0, 0.05) is 6.54 Å². The van der Waals surface area contributed by atoms with Crippen molar-refractivity contribution in [1.29, 1.82) is 0 Å². The van der Waals surface area contributed by atoms with Crippen LogP contribution in [0, 0.1) is 11.6 Å². The van der Waals surface area contributed by atoms with Crippen LogP contribution >= 0.6 is 0 Å². The minimum Gasteiger partial charge on any atom is -0.316 e. The zero-order valence-corrected chi connectivity index (χ0v) is 7.19. The fraction of sp³-hybridized carbons (Fsp3) is 0.400. The van der Waals surface area contributed by atoms with Gasteiger partial charge in [0.25, 0.3) is 0 Å². The van der Waals surface area contributed by atoms with Crippen LogP contribution in [-0.2, 0) is 0 Å². The maximum atomic E-state index is 12.8. The molecule has 0 amide bonds. The Hall–Kier alpha value is -0.960. The molecule has 0 spiro atoms. The average molecular weight is 183 g/mol. The molecule has 1 atom stereocenters. The van der Waals surface area contributed by atoms with Crippen LogP contribution in [-0.4, -0.2) is 13.1 Å². The summed E-state index contributed by atoms with van der Waals surface area (Å²) in [5.41, 5.74) is 0.893. The summed E-state index contributed by atoms with van der Waals surface area (Å²) in [5.74, 6) is -1.17. The van der Waals surface area contributed by atoms with Gasteiger partial charge >= 0.3 is 0 Å². The van der Waals surface area contributed by atoms with Crippen LogP contribution < -0.4 is 5.32 Å². The van der Waals surface area contributed by atoms with Crippen molar-refractivity contribution in [3.8, 4) is 0 Å². The molecule has 0 radical (unpaired) electrons. The molecule has 1 aromatic rings. The van der Waals surface area contributed by atoms with E-state index < -0.39 is 11.6 Å². The van der Waals surface area contributed by atoms with Crippen LogP contribution in [0.1, 0.15) is 17.9 Å². The van der Waals surface area contributed by atoms with E-state index in [1.54, 1.807) is 6.07 Å². The maximum absolute atomic E-state index is 12.8. The lowest BCUT2D eigenvalue weighted by atomic mass is 9.98. The highest BCUT2D eigenvalue weighted by Crippen LogP contribution is 2.23. The predicted octanol–water partition coefficient (Wildman–Crippen LogP) is 2.04. The van der Waals surface area contributed by atoms with Crippen molar-refractivity contribution in [2.24, 2.45) is 0 Å². The molecule has 0 bridgehead atoms. The summed E-state index contributed by atoms with van der Waals surface area (Å²) in [5, 5.41) is 3.19. The summed E-state index contributed by atoms with van der Waals surface area (Å²) < 4.78 is 25.4. The molecule has 3 heteroatoms. The van der Waals surface area contributed by atoms with Gasteiger partial charge in [-0.25, -0.2) is 8.78 Å². The van der Waals surface area contributed by atoms with Crippen LogP contribution in [0.25, 0.3) is 0 Å². The highest BCUT2D eigenvalue weighted by molar-refractivity contribution is 5.23. The lowest BCUT2D eigenvalue weighted by Gasteiger charge is -2.08. The Morgan fingerprint density at radius 3 is 2.69 bits per heavy atom. The molecule has 1 N–H and O–H groups in total. The Bertz CT molecular complexity index is 306. The van der Waals surface area contributed by atoms with E-state index in [-0.39, 0.29) is 0 Å². The summed E-state index contributed by atoms with van der Waals surface area (Å²) >= 11 is 0. The van der Waals surface area contributed by atoms with E-state index in [4.69, 9.17) is 0 Å². The molecule has 1 nitrogen and oxygen atoms in total. The second-order valence-corrected chi connectivity index (χ2v) is 3.36. The predicted molar refractivity (Wildman–Crippen MR) is 46.6 cm³/mol. The second-order valence-electron chi connectivity index (χ2n) is 3.36. The minimum absolute atomic E-state index is 0.343. The van der Waals surface area contributed by atoms with Gasteiger partial charge in [-0.3, -0.25) is 0 Å². The summed E-state index contributed by atoms with van der Waals surface area (Å²) in [7, 11) is 0. The van der Waals surface area contributed by atoms with Gasteiger partial charge in [0.15, 0.2) is 11.6 Å². The van der Waals surface area contributed by atoms with Crippen LogP contribution in [0.5, 0.6) is 0 Å². The first-order valence-electron chi connectivity index (χ1n) is 4.43. The van der Waals surface area contributed by atoms with Crippen LogP contribution in [0.15, 0.2) is 18.2 Å². The van der Waals surface area contributed by atoms with Crippen molar-refractivity contribution in [1.82, 2.24) is 5.32 Å².